The van der Waals surface area contributed by atoms with E-state index in [1.165, 1.54) is 6.21 Å². The number of para-hydroxylation sites is 1. The molecule has 0 atom stereocenters. The number of carboxylic acids is 1. The van der Waals surface area contributed by atoms with E-state index in [1.807, 2.05) is 0 Å². The summed E-state index contributed by atoms with van der Waals surface area (Å²) >= 11 is 16.9. The van der Waals surface area contributed by atoms with Crippen LogP contribution in [0.15, 0.2) is 47.6 Å². The van der Waals surface area contributed by atoms with Crippen molar-refractivity contribution in [2.45, 2.75) is 0 Å². The zero-order valence-electron chi connectivity index (χ0n) is 12.7. The van der Waals surface area contributed by atoms with Crippen molar-refractivity contribution >= 4 is 58.4 Å². The Balaban J connectivity index is 1.95. The number of carbonyl (C=O) groups is 1. The molecule has 0 aliphatic heterocycles. The van der Waals surface area contributed by atoms with E-state index in [-0.39, 0.29) is 5.11 Å². The van der Waals surface area contributed by atoms with E-state index in [0.717, 1.165) is 0 Å². The third kappa shape index (κ3) is 6.22. The van der Waals surface area contributed by atoms with E-state index in [9.17, 15) is 4.79 Å². The summed E-state index contributed by atoms with van der Waals surface area (Å²) in [6.45, 7) is -0.435. The van der Waals surface area contributed by atoms with Crippen LogP contribution in [0.4, 0.5) is 5.69 Å². The molecule has 0 spiro atoms. The first-order valence-electron chi connectivity index (χ1n) is 6.94. The second-order valence-corrected chi connectivity index (χ2v) is 5.90. The van der Waals surface area contributed by atoms with Gasteiger partial charge in [0, 0.05) is 11.3 Å². The van der Waals surface area contributed by atoms with Gasteiger partial charge in [0.15, 0.2) is 11.7 Å². The van der Waals surface area contributed by atoms with Crippen LogP contribution in [-0.2, 0) is 4.79 Å². The molecule has 0 heterocycles. The number of hydrazone groups is 1. The number of hydrogen-bond donors (Lipinski definition) is 3. The largest absolute Gasteiger partial charge is 0.481 e. The third-order valence-electron chi connectivity index (χ3n) is 2.82. The summed E-state index contributed by atoms with van der Waals surface area (Å²) in [5.41, 5.74) is 3.91. The van der Waals surface area contributed by atoms with Gasteiger partial charge >= 0.3 is 5.97 Å². The van der Waals surface area contributed by atoms with Gasteiger partial charge in [-0.2, -0.15) is 5.10 Å². The summed E-state index contributed by atoms with van der Waals surface area (Å²) in [6, 6.07) is 11.9. The zero-order chi connectivity index (χ0) is 18.2. The van der Waals surface area contributed by atoms with E-state index < -0.39 is 12.6 Å². The Bertz CT molecular complexity index is 815. The van der Waals surface area contributed by atoms with Gasteiger partial charge in [-0.25, -0.2) is 4.79 Å². The summed E-state index contributed by atoms with van der Waals surface area (Å²) in [5, 5.41) is 16.7. The van der Waals surface area contributed by atoms with Gasteiger partial charge < -0.3 is 15.2 Å². The van der Waals surface area contributed by atoms with E-state index in [0.29, 0.717) is 27.0 Å². The Morgan fingerprint density at radius 3 is 2.72 bits per heavy atom. The number of halogens is 2. The molecular formula is C16H13Cl2N3O3S. The molecule has 0 fully saturated rings. The van der Waals surface area contributed by atoms with E-state index in [1.54, 1.807) is 42.5 Å². The summed E-state index contributed by atoms with van der Waals surface area (Å²) in [4.78, 5) is 10.6. The lowest BCUT2D eigenvalue weighted by Crippen LogP contribution is -2.23. The Hall–Kier alpha value is -2.35. The van der Waals surface area contributed by atoms with Gasteiger partial charge in [-0.15, -0.1) is 0 Å². The molecule has 0 bridgehead atoms. The fourth-order valence-electron chi connectivity index (χ4n) is 1.75. The SMILES string of the molecule is O=C(O)COc1ccccc1/C=N\NC(=S)Nc1ccc(Cl)c(Cl)c1. The second-order valence-electron chi connectivity index (χ2n) is 4.67. The fraction of sp³-hybridized carbons (Fsp3) is 0.0625. The minimum atomic E-state index is -1.06. The van der Waals surface area contributed by atoms with E-state index >= 15 is 0 Å². The van der Waals surface area contributed by atoms with Crippen molar-refractivity contribution in [3.05, 3.63) is 58.1 Å². The van der Waals surface area contributed by atoms with Gasteiger partial charge in [-0.3, -0.25) is 5.43 Å². The molecule has 2 aromatic carbocycles. The molecule has 6 nitrogen and oxygen atoms in total. The normalized spacial score (nSPS) is 10.5. The maximum atomic E-state index is 10.6. The van der Waals surface area contributed by atoms with Gasteiger partial charge in [0.1, 0.15) is 5.75 Å². The molecular weight excluding hydrogens is 385 g/mol. The molecule has 3 N–H and O–H groups in total. The molecule has 2 rings (SSSR count). The predicted octanol–water partition coefficient (Wildman–Crippen LogP) is 3.78. The summed E-state index contributed by atoms with van der Waals surface area (Å²) in [5.74, 6) is -0.657. The molecule has 0 saturated heterocycles. The Kier molecular flexibility index (Phi) is 7.00. The number of anilines is 1. The number of benzene rings is 2. The monoisotopic (exact) mass is 397 g/mol. The first-order chi connectivity index (χ1) is 12.0. The highest BCUT2D eigenvalue weighted by Gasteiger charge is 2.04. The molecule has 9 heteroatoms. The lowest BCUT2D eigenvalue weighted by Gasteiger charge is -2.08. The third-order valence-corrected chi connectivity index (χ3v) is 3.75. The van der Waals surface area contributed by atoms with Gasteiger partial charge in [-0.1, -0.05) is 35.3 Å². The van der Waals surface area contributed by atoms with E-state index in [2.05, 4.69) is 15.8 Å². The summed E-state index contributed by atoms with van der Waals surface area (Å²) in [7, 11) is 0. The van der Waals surface area contributed by atoms with Gasteiger partial charge in [0.25, 0.3) is 0 Å². The second kappa shape index (κ2) is 9.22. The number of rotatable bonds is 6. The van der Waals surface area contributed by atoms with Crippen LogP contribution >= 0.6 is 35.4 Å². The maximum absolute atomic E-state index is 10.6. The van der Waals surface area contributed by atoms with Crippen LogP contribution < -0.4 is 15.5 Å². The Labute approximate surface area is 159 Å². The van der Waals surface area contributed by atoms with Crippen molar-refractivity contribution < 1.29 is 14.6 Å². The van der Waals surface area contributed by atoms with E-state index in [4.69, 9.17) is 45.3 Å². The average molecular weight is 398 g/mol. The van der Waals surface area contributed by atoms with Crippen molar-refractivity contribution in [2.75, 3.05) is 11.9 Å². The molecule has 0 saturated carbocycles. The minimum Gasteiger partial charge on any atom is -0.481 e. The highest BCUT2D eigenvalue weighted by atomic mass is 35.5. The number of nitrogens with zero attached hydrogens (tertiary/aromatic N) is 1. The van der Waals surface area contributed by atoms with Crippen molar-refractivity contribution in [1.82, 2.24) is 5.43 Å². The summed E-state index contributed by atoms with van der Waals surface area (Å²) < 4.78 is 5.18. The Morgan fingerprint density at radius 2 is 2.00 bits per heavy atom. The first kappa shape index (κ1) is 19.0. The molecule has 0 aliphatic rings. The average Bonchev–Trinajstić information content (AvgIpc) is 2.57. The molecule has 0 unspecified atom stereocenters. The van der Waals surface area contributed by atoms with Crippen molar-refractivity contribution in [2.24, 2.45) is 5.10 Å². The summed E-state index contributed by atoms with van der Waals surface area (Å²) in [6.07, 6.45) is 1.47. The zero-order valence-corrected chi connectivity index (χ0v) is 15.0. The quantitative estimate of drug-likeness (QED) is 0.390. The van der Waals surface area contributed by atoms with Crippen LogP contribution in [0.2, 0.25) is 10.0 Å². The number of aliphatic carboxylic acids is 1. The van der Waals surface area contributed by atoms with Gasteiger partial charge in [0.05, 0.1) is 16.3 Å². The first-order valence-corrected chi connectivity index (χ1v) is 8.11. The predicted molar refractivity (Wildman–Crippen MR) is 103 cm³/mol. The van der Waals surface area contributed by atoms with Gasteiger partial charge in [0.2, 0.25) is 0 Å². The topological polar surface area (TPSA) is 83.0 Å². The van der Waals surface area contributed by atoms with Crippen molar-refractivity contribution in [3.8, 4) is 5.75 Å². The minimum absolute atomic E-state index is 0.249. The number of ether oxygens (including phenoxy) is 1. The smallest absolute Gasteiger partial charge is 0.341 e. The van der Waals surface area contributed by atoms with Crippen LogP contribution in [-0.4, -0.2) is 29.0 Å². The van der Waals surface area contributed by atoms with Crippen LogP contribution in [0, 0.1) is 0 Å². The highest BCUT2D eigenvalue weighted by Crippen LogP contribution is 2.24. The lowest BCUT2D eigenvalue weighted by atomic mass is 10.2. The maximum Gasteiger partial charge on any atom is 0.341 e. The Morgan fingerprint density at radius 1 is 1.24 bits per heavy atom. The van der Waals surface area contributed by atoms with Crippen molar-refractivity contribution in [3.63, 3.8) is 0 Å². The molecule has 0 aliphatic carbocycles. The number of carboxylic acid groups (broad SMARTS) is 1. The van der Waals surface area contributed by atoms with Crippen molar-refractivity contribution in [1.29, 1.82) is 0 Å². The number of hydrogen-bond acceptors (Lipinski definition) is 4. The molecule has 130 valence electrons. The van der Waals surface area contributed by atoms with Gasteiger partial charge in [-0.05, 0) is 42.5 Å². The number of nitrogens with one attached hydrogen (secondary N) is 2. The highest BCUT2D eigenvalue weighted by molar-refractivity contribution is 7.80. The lowest BCUT2D eigenvalue weighted by molar-refractivity contribution is -0.139. The van der Waals surface area contributed by atoms with Crippen LogP contribution in [0.5, 0.6) is 5.75 Å². The molecule has 0 radical (unpaired) electrons. The van der Waals surface area contributed by atoms with Crippen LogP contribution in [0.3, 0.4) is 0 Å². The number of thiocarbonyl (C=S) groups is 1. The molecule has 25 heavy (non-hydrogen) atoms. The fourth-order valence-corrected chi connectivity index (χ4v) is 2.22. The van der Waals surface area contributed by atoms with Crippen LogP contribution in [0.25, 0.3) is 0 Å². The molecule has 0 amide bonds. The standard InChI is InChI=1S/C16H13Cl2N3O3S/c17-12-6-5-11(7-13(12)18)20-16(25)21-19-8-10-3-1-2-4-14(10)24-9-15(22)23/h1-8H,9H2,(H,22,23)(H2,20,21,25)/b19-8-. The molecule has 0 aromatic heterocycles. The molecule has 2 aromatic rings. The van der Waals surface area contributed by atoms with Crippen LogP contribution in [0.1, 0.15) is 5.56 Å².